The van der Waals surface area contributed by atoms with Crippen molar-refractivity contribution in [1.82, 2.24) is 4.90 Å². The van der Waals surface area contributed by atoms with Gasteiger partial charge in [-0.2, -0.15) is 0 Å². The zero-order valence-corrected chi connectivity index (χ0v) is 9.94. The van der Waals surface area contributed by atoms with Gasteiger partial charge in [-0.05, 0) is 25.2 Å². The van der Waals surface area contributed by atoms with Crippen LogP contribution >= 0.6 is 0 Å². The monoisotopic (exact) mass is 225 g/mol. The fraction of sp³-hybridized carbons (Fsp3) is 0.833. The number of esters is 1. The van der Waals surface area contributed by atoms with Gasteiger partial charge in [0.2, 0.25) is 5.91 Å². The van der Waals surface area contributed by atoms with E-state index in [4.69, 9.17) is 4.74 Å². The lowest BCUT2D eigenvalue weighted by Crippen LogP contribution is -2.43. The Morgan fingerprint density at radius 3 is 2.62 bits per heavy atom. The molecule has 3 unspecified atom stereocenters. The van der Waals surface area contributed by atoms with Crippen LogP contribution in [0, 0.1) is 17.8 Å². The third-order valence-electron chi connectivity index (χ3n) is 3.69. The molecule has 2 fully saturated rings. The van der Waals surface area contributed by atoms with E-state index in [1.54, 1.807) is 0 Å². The number of amides is 1. The molecule has 0 N–H and O–H groups in total. The van der Waals surface area contributed by atoms with Crippen molar-refractivity contribution in [3.05, 3.63) is 0 Å². The van der Waals surface area contributed by atoms with Crippen LogP contribution in [0.4, 0.5) is 0 Å². The van der Waals surface area contributed by atoms with Crippen LogP contribution in [0.3, 0.4) is 0 Å². The Morgan fingerprint density at radius 2 is 2.06 bits per heavy atom. The van der Waals surface area contributed by atoms with Gasteiger partial charge in [0.15, 0.2) is 0 Å². The molecule has 0 aromatic rings. The van der Waals surface area contributed by atoms with E-state index in [0.29, 0.717) is 12.5 Å². The van der Waals surface area contributed by atoms with Crippen molar-refractivity contribution < 1.29 is 14.3 Å². The standard InChI is InChI=1S/C12H19NO3/c1-8-6-10(8)11(14)13-5-3-4-9(7-13)12(15)16-2/h8-10H,3-7H2,1-2H3. The third-order valence-corrected chi connectivity index (χ3v) is 3.69. The number of hydrogen-bond donors (Lipinski definition) is 0. The van der Waals surface area contributed by atoms with Gasteiger partial charge in [0.1, 0.15) is 0 Å². The molecule has 0 bridgehead atoms. The predicted octanol–water partition coefficient (Wildman–Crippen LogP) is 1.05. The Morgan fingerprint density at radius 1 is 1.38 bits per heavy atom. The SMILES string of the molecule is COC(=O)C1CCCN(C(=O)C2CC2C)C1. The van der Waals surface area contributed by atoms with E-state index in [9.17, 15) is 9.59 Å². The number of likely N-dealkylation sites (tertiary alicyclic amines) is 1. The van der Waals surface area contributed by atoms with E-state index >= 15 is 0 Å². The zero-order chi connectivity index (χ0) is 11.7. The minimum atomic E-state index is -0.179. The highest BCUT2D eigenvalue weighted by Gasteiger charge is 2.42. The van der Waals surface area contributed by atoms with Crippen LogP contribution < -0.4 is 0 Å². The number of methoxy groups -OCH3 is 1. The summed E-state index contributed by atoms with van der Waals surface area (Å²) in [5, 5.41) is 0. The maximum absolute atomic E-state index is 12.0. The van der Waals surface area contributed by atoms with Crippen molar-refractivity contribution in [2.75, 3.05) is 20.2 Å². The van der Waals surface area contributed by atoms with Crippen LogP contribution in [0.25, 0.3) is 0 Å². The Kier molecular flexibility index (Phi) is 3.17. The van der Waals surface area contributed by atoms with Crippen molar-refractivity contribution in [2.45, 2.75) is 26.2 Å². The normalized spacial score (nSPS) is 33.4. The summed E-state index contributed by atoms with van der Waals surface area (Å²) in [6.07, 6.45) is 2.77. The van der Waals surface area contributed by atoms with Gasteiger partial charge in [-0.1, -0.05) is 6.92 Å². The summed E-state index contributed by atoms with van der Waals surface area (Å²) in [6.45, 7) is 3.45. The predicted molar refractivity (Wildman–Crippen MR) is 58.6 cm³/mol. The van der Waals surface area contributed by atoms with E-state index < -0.39 is 0 Å². The molecule has 16 heavy (non-hydrogen) atoms. The zero-order valence-electron chi connectivity index (χ0n) is 9.94. The lowest BCUT2D eigenvalue weighted by molar-refractivity contribution is -0.149. The van der Waals surface area contributed by atoms with Crippen molar-refractivity contribution >= 4 is 11.9 Å². The number of rotatable bonds is 2. The number of carbonyl (C=O) groups excluding carboxylic acids is 2. The van der Waals surface area contributed by atoms with Crippen molar-refractivity contribution in [3.63, 3.8) is 0 Å². The summed E-state index contributed by atoms with van der Waals surface area (Å²) >= 11 is 0. The quantitative estimate of drug-likeness (QED) is 0.660. The molecule has 3 atom stereocenters. The highest BCUT2D eigenvalue weighted by Crippen LogP contribution is 2.39. The van der Waals surface area contributed by atoms with E-state index in [1.165, 1.54) is 7.11 Å². The molecular formula is C12H19NO3. The number of hydrogen-bond acceptors (Lipinski definition) is 3. The van der Waals surface area contributed by atoms with Crippen LogP contribution in [-0.2, 0) is 14.3 Å². The molecule has 4 nitrogen and oxygen atoms in total. The van der Waals surface area contributed by atoms with E-state index in [1.807, 2.05) is 4.90 Å². The fourth-order valence-electron chi connectivity index (χ4n) is 2.44. The maximum atomic E-state index is 12.0. The molecule has 0 aromatic carbocycles. The molecule has 0 spiro atoms. The first kappa shape index (κ1) is 11.4. The first-order valence-electron chi connectivity index (χ1n) is 6.00. The summed E-state index contributed by atoms with van der Waals surface area (Å²) < 4.78 is 4.74. The van der Waals surface area contributed by atoms with Gasteiger partial charge in [0.05, 0.1) is 13.0 Å². The van der Waals surface area contributed by atoms with Gasteiger partial charge < -0.3 is 9.64 Å². The molecule has 4 heteroatoms. The minimum Gasteiger partial charge on any atom is -0.469 e. The van der Waals surface area contributed by atoms with Crippen molar-refractivity contribution in [3.8, 4) is 0 Å². The molecule has 90 valence electrons. The number of carbonyl (C=O) groups is 2. The first-order chi connectivity index (χ1) is 7.63. The molecule has 1 saturated heterocycles. The third kappa shape index (κ3) is 2.20. The molecule has 1 amide bonds. The van der Waals surface area contributed by atoms with Gasteiger partial charge in [0, 0.05) is 19.0 Å². The van der Waals surface area contributed by atoms with Crippen LogP contribution in [0.2, 0.25) is 0 Å². The molecule has 0 radical (unpaired) electrons. The van der Waals surface area contributed by atoms with Gasteiger partial charge in [-0.3, -0.25) is 9.59 Å². The Balaban J connectivity index is 1.91. The van der Waals surface area contributed by atoms with Crippen molar-refractivity contribution in [1.29, 1.82) is 0 Å². The second-order valence-electron chi connectivity index (χ2n) is 4.97. The molecule has 0 aromatic heterocycles. The van der Waals surface area contributed by atoms with E-state index in [-0.39, 0.29) is 23.7 Å². The van der Waals surface area contributed by atoms with E-state index in [2.05, 4.69) is 6.92 Å². The smallest absolute Gasteiger partial charge is 0.310 e. The molecule has 1 saturated carbocycles. The highest BCUT2D eigenvalue weighted by molar-refractivity contribution is 5.82. The van der Waals surface area contributed by atoms with Gasteiger partial charge in [-0.15, -0.1) is 0 Å². The summed E-state index contributed by atoms with van der Waals surface area (Å²) in [6, 6.07) is 0. The van der Waals surface area contributed by atoms with Crippen LogP contribution in [0.15, 0.2) is 0 Å². The second kappa shape index (κ2) is 4.44. The lowest BCUT2D eigenvalue weighted by Gasteiger charge is -2.31. The molecule has 1 heterocycles. The summed E-state index contributed by atoms with van der Waals surface area (Å²) in [7, 11) is 1.41. The van der Waals surface area contributed by atoms with Crippen LogP contribution in [-0.4, -0.2) is 37.0 Å². The fourth-order valence-corrected chi connectivity index (χ4v) is 2.44. The van der Waals surface area contributed by atoms with Gasteiger partial charge in [-0.25, -0.2) is 0 Å². The summed E-state index contributed by atoms with van der Waals surface area (Å²) in [4.78, 5) is 25.3. The lowest BCUT2D eigenvalue weighted by atomic mass is 9.98. The Labute approximate surface area is 95.9 Å². The Bertz CT molecular complexity index is 303. The van der Waals surface area contributed by atoms with Gasteiger partial charge in [0.25, 0.3) is 0 Å². The largest absolute Gasteiger partial charge is 0.469 e. The van der Waals surface area contributed by atoms with E-state index in [0.717, 1.165) is 25.8 Å². The first-order valence-corrected chi connectivity index (χ1v) is 6.00. The average Bonchev–Trinajstić information content (AvgIpc) is 3.04. The highest BCUT2D eigenvalue weighted by atomic mass is 16.5. The second-order valence-corrected chi connectivity index (χ2v) is 4.97. The number of piperidine rings is 1. The summed E-state index contributed by atoms with van der Waals surface area (Å²) in [5.74, 6) is 0.696. The number of nitrogens with zero attached hydrogens (tertiary/aromatic N) is 1. The molecule has 2 rings (SSSR count). The molecular weight excluding hydrogens is 206 g/mol. The van der Waals surface area contributed by atoms with Crippen LogP contribution in [0.5, 0.6) is 0 Å². The molecule has 1 aliphatic heterocycles. The Hall–Kier alpha value is -1.06. The number of ether oxygens (including phenoxy) is 1. The molecule has 1 aliphatic carbocycles. The minimum absolute atomic E-state index is 0.114. The van der Waals surface area contributed by atoms with Gasteiger partial charge >= 0.3 is 5.97 Å². The van der Waals surface area contributed by atoms with Crippen molar-refractivity contribution in [2.24, 2.45) is 17.8 Å². The topological polar surface area (TPSA) is 46.6 Å². The molecule has 2 aliphatic rings. The maximum Gasteiger partial charge on any atom is 0.310 e. The average molecular weight is 225 g/mol. The van der Waals surface area contributed by atoms with Crippen LogP contribution in [0.1, 0.15) is 26.2 Å². The summed E-state index contributed by atoms with van der Waals surface area (Å²) in [5.41, 5.74) is 0.